The molecule has 0 aliphatic rings. The third-order valence-electron chi connectivity index (χ3n) is 3.14. The maximum Gasteiger partial charge on any atom is 0.309 e. The molecule has 0 amide bonds. The summed E-state index contributed by atoms with van der Waals surface area (Å²) in [5.41, 5.74) is 0.111. The van der Waals surface area contributed by atoms with E-state index in [0.29, 0.717) is 35.3 Å². The quantitative estimate of drug-likeness (QED) is 0.754. The van der Waals surface area contributed by atoms with Crippen LogP contribution in [0.1, 0.15) is 25.8 Å². The Morgan fingerprint density at radius 3 is 2.55 bits per heavy atom. The van der Waals surface area contributed by atoms with Crippen molar-refractivity contribution in [2.24, 2.45) is 5.41 Å². The molecule has 0 heterocycles. The van der Waals surface area contributed by atoms with Crippen molar-refractivity contribution in [2.45, 2.75) is 26.8 Å². The molecule has 0 saturated carbocycles. The summed E-state index contributed by atoms with van der Waals surface area (Å²) in [4.78, 5) is 11.0. The second kappa shape index (κ2) is 7.16. The van der Waals surface area contributed by atoms with E-state index in [1.807, 2.05) is 0 Å². The van der Waals surface area contributed by atoms with Gasteiger partial charge in [0.25, 0.3) is 0 Å². The number of aliphatic carboxylic acids is 1. The number of hydrogen-bond acceptors (Lipinski definition) is 3. The first kappa shape index (κ1) is 17.1. The summed E-state index contributed by atoms with van der Waals surface area (Å²) in [6.45, 7) is 4.51. The molecular weight excluding hydrogens is 301 g/mol. The molecule has 4 nitrogen and oxygen atoms in total. The Balaban J connectivity index is 2.55. The molecule has 0 atom stereocenters. The number of carbonyl (C=O) groups is 1. The average Bonchev–Trinajstić information content (AvgIpc) is 2.37. The van der Waals surface area contributed by atoms with Gasteiger partial charge in [0, 0.05) is 17.6 Å². The second-order valence-electron chi connectivity index (χ2n) is 5.19. The Labute approximate surface area is 129 Å². The van der Waals surface area contributed by atoms with Gasteiger partial charge >= 0.3 is 5.97 Å². The molecule has 0 unspecified atom stereocenters. The smallest absolute Gasteiger partial charge is 0.309 e. The van der Waals surface area contributed by atoms with Crippen LogP contribution < -0.4 is 10.1 Å². The fraction of sp³-hybridized carbons (Fsp3) is 0.500. The molecule has 0 aromatic heterocycles. The summed E-state index contributed by atoms with van der Waals surface area (Å²) < 4.78 is 5.08. The van der Waals surface area contributed by atoms with Crippen LogP contribution in [0.4, 0.5) is 0 Å². The highest BCUT2D eigenvalue weighted by atomic mass is 35.5. The van der Waals surface area contributed by atoms with E-state index < -0.39 is 11.4 Å². The van der Waals surface area contributed by atoms with Gasteiger partial charge in [-0.2, -0.15) is 0 Å². The van der Waals surface area contributed by atoms with Crippen LogP contribution in [0.25, 0.3) is 0 Å². The lowest BCUT2D eigenvalue weighted by atomic mass is 9.90. The normalized spacial score (nSPS) is 11.4. The van der Waals surface area contributed by atoms with Gasteiger partial charge in [0.2, 0.25) is 0 Å². The zero-order chi connectivity index (χ0) is 15.3. The molecule has 1 aromatic rings. The van der Waals surface area contributed by atoms with Crippen LogP contribution in [-0.2, 0) is 11.3 Å². The number of benzene rings is 1. The van der Waals surface area contributed by atoms with E-state index in [0.717, 1.165) is 5.56 Å². The molecule has 6 heteroatoms. The van der Waals surface area contributed by atoms with Crippen LogP contribution in [0.5, 0.6) is 5.75 Å². The van der Waals surface area contributed by atoms with Crippen molar-refractivity contribution in [3.05, 3.63) is 27.7 Å². The topological polar surface area (TPSA) is 58.6 Å². The minimum absolute atomic E-state index is 0.500. The molecule has 2 N–H and O–H groups in total. The third-order valence-corrected chi connectivity index (χ3v) is 3.79. The highest BCUT2D eigenvalue weighted by Gasteiger charge is 2.26. The molecule has 20 heavy (non-hydrogen) atoms. The van der Waals surface area contributed by atoms with Crippen molar-refractivity contribution in [3.63, 3.8) is 0 Å². The first-order valence-corrected chi connectivity index (χ1v) is 6.99. The van der Waals surface area contributed by atoms with E-state index >= 15 is 0 Å². The van der Waals surface area contributed by atoms with Gasteiger partial charge in [-0.15, -0.1) is 0 Å². The van der Waals surface area contributed by atoms with Gasteiger partial charge in [-0.05, 0) is 38.4 Å². The summed E-state index contributed by atoms with van der Waals surface area (Å²) in [5, 5.41) is 13.3. The lowest BCUT2D eigenvalue weighted by molar-refractivity contribution is -0.147. The molecule has 1 rings (SSSR count). The van der Waals surface area contributed by atoms with Crippen molar-refractivity contribution in [1.82, 2.24) is 5.32 Å². The average molecular weight is 320 g/mol. The van der Waals surface area contributed by atoms with E-state index in [1.54, 1.807) is 26.0 Å². The molecule has 0 aliphatic carbocycles. The first-order chi connectivity index (χ1) is 9.27. The predicted octanol–water partition coefficient (Wildman–Crippen LogP) is 3.59. The van der Waals surface area contributed by atoms with Gasteiger partial charge < -0.3 is 15.2 Å². The number of carboxylic acid groups (broad SMARTS) is 1. The number of ether oxygens (including phenoxy) is 1. The van der Waals surface area contributed by atoms with Gasteiger partial charge in [-0.1, -0.05) is 23.2 Å². The van der Waals surface area contributed by atoms with Crippen LogP contribution in [-0.4, -0.2) is 24.7 Å². The van der Waals surface area contributed by atoms with E-state index in [4.69, 9.17) is 33.0 Å². The van der Waals surface area contributed by atoms with Crippen LogP contribution in [0, 0.1) is 5.41 Å². The summed E-state index contributed by atoms with van der Waals surface area (Å²) in [5.74, 6) is -0.266. The number of nitrogens with one attached hydrogen (secondary N) is 1. The van der Waals surface area contributed by atoms with Crippen molar-refractivity contribution >= 4 is 29.2 Å². The van der Waals surface area contributed by atoms with Gasteiger partial charge in [0.15, 0.2) is 0 Å². The number of rotatable bonds is 7. The molecule has 0 fully saturated rings. The Kier molecular flexibility index (Phi) is 6.11. The van der Waals surface area contributed by atoms with E-state index in [2.05, 4.69) is 5.32 Å². The Hall–Kier alpha value is -0.970. The van der Waals surface area contributed by atoms with E-state index in [9.17, 15) is 4.79 Å². The molecule has 0 saturated heterocycles. The van der Waals surface area contributed by atoms with Crippen molar-refractivity contribution < 1.29 is 14.6 Å². The Morgan fingerprint density at radius 1 is 1.35 bits per heavy atom. The molecular formula is C14H19Cl2NO3. The molecule has 0 radical (unpaired) electrons. The number of halogens is 2. The van der Waals surface area contributed by atoms with E-state index in [1.165, 1.54) is 7.11 Å². The monoisotopic (exact) mass is 319 g/mol. The molecule has 0 bridgehead atoms. The van der Waals surface area contributed by atoms with Crippen LogP contribution >= 0.6 is 23.2 Å². The largest absolute Gasteiger partial charge is 0.495 e. The maximum atomic E-state index is 11.0. The molecule has 112 valence electrons. The fourth-order valence-corrected chi connectivity index (χ4v) is 2.08. The predicted molar refractivity (Wildman–Crippen MR) is 80.8 cm³/mol. The minimum atomic E-state index is -0.801. The third kappa shape index (κ3) is 4.54. The zero-order valence-electron chi connectivity index (χ0n) is 11.8. The SMILES string of the molecule is COc1cc(Cl)c(CNCCC(C)(C)C(=O)O)cc1Cl. The van der Waals surface area contributed by atoms with E-state index in [-0.39, 0.29) is 0 Å². The summed E-state index contributed by atoms with van der Waals surface area (Å²) >= 11 is 12.2. The van der Waals surface area contributed by atoms with Crippen LogP contribution in [0.2, 0.25) is 10.0 Å². The lowest BCUT2D eigenvalue weighted by Crippen LogP contribution is -2.28. The number of carboxylic acids is 1. The Morgan fingerprint density at radius 2 is 2.00 bits per heavy atom. The highest BCUT2D eigenvalue weighted by molar-refractivity contribution is 6.34. The van der Waals surface area contributed by atoms with Crippen molar-refractivity contribution in [1.29, 1.82) is 0 Å². The molecule has 1 aromatic carbocycles. The lowest BCUT2D eigenvalue weighted by Gasteiger charge is -2.19. The van der Waals surface area contributed by atoms with Crippen LogP contribution in [0.3, 0.4) is 0 Å². The van der Waals surface area contributed by atoms with Crippen molar-refractivity contribution in [2.75, 3.05) is 13.7 Å². The molecule has 0 spiro atoms. The minimum Gasteiger partial charge on any atom is -0.495 e. The first-order valence-electron chi connectivity index (χ1n) is 6.24. The second-order valence-corrected chi connectivity index (χ2v) is 6.01. The molecule has 0 aliphatic heterocycles. The maximum absolute atomic E-state index is 11.0. The number of hydrogen-bond donors (Lipinski definition) is 2. The van der Waals surface area contributed by atoms with Crippen LogP contribution in [0.15, 0.2) is 12.1 Å². The zero-order valence-corrected chi connectivity index (χ0v) is 13.3. The highest BCUT2D eigenvalue weighted by Crippen LogP contribution is 2.30. The summed E-state index contributed by atoms with van der Waals surface area (Å²) in [6, 6.07) is 3.42. The number of methoxy groups -OCH3 is 1. The van der Waals surface area contributed by atoms with Gasteiger partial charge in [-0.25, -0.2) is 0 Å². The van der Waals surface area contributed by atoms with Gasteiger partial charge in [-0.3, -0.25) is 4.79 Å². The summed E-state index contributed by atoms with van der Waals surface area (Å²) in [7, 11) is 1.53. The van der Waals surface area contributed by atoms with Gasteiger partial charge in [0.1, 0.15) is 5.75 Å². The van der Waals surface area contributed by atoms with Crippen molar-refractivity contribution in [3.8, 4) is 5.75 Å². The van der Waals surface area contributed by atoms with Gasteiger partial charge in [0.05, 0.1) is 17.5 Å². The Bertz CT molecular complexity index is 490. The fourth-order valence-electron chi connectivity index (χ4n) is 1.59. The summed E-state index contributed by atoms with van der Waals surface area (Å²) in [6.07, 6.45) is 0.532. The standard InChI is InChI=1S/C14H19Cl2NO3/c1-14(2,13(18)19)4-5-17-8-9-6-11(16)12(20-3)7-10(9)15/h6-7,17H,4-5,8H2,1-3H3,(H,18,19).